The number of nitrogens with zero attached hydrogens (tertiary/aromatic N) is 2. The number of hydrogen-bond acceptors (Lipinski definition) is 5. The third-order valence-corrected chi connectivity index (χ3v) is 3.93. The number of allylic oxidation sites excluding steroid dienone is 1. The Bertz CT molecular complexity index is 951. The van der Waals surface area contributed by atoms with E-state index in [0.29, 0.717) is 21.6 Å². The first-order chi connectivity index (χ1) is 12.0. The molecule has 0 atom stereocenters. The molecule has 1 aromatic carbocycles. The van der Waals surface area contributed by atoms with Gasteiger partial charge in [0, 0.05) is 5.02 Å². The summed E-state index contributed by atoms with van der Waals surface area (Å²) in [5.41, 5.74) is 0.752. The normalized spacial score (nSPS) is 14.2. The molecule has 0 bridgehead atoms. The van der Waals surface area contributed by atoms with Gasteiger partial charge in [0.1, 0.15) is 0 Å². The van der Waals surface area contributed by atoms with E-state index in [0.717, 1.165) is 0 Å². The van der Waals surface area contributed by atoms with E-state index >= 15 is 0 Å². The Morgan fingerprint density at radius 3 is 2.96 bits per heavy atom. The van der Waals surface area contributed by atoms with E-state index in [4.69, 9.17) is 16.3 Å². The van der Waals surface area contributed by atoms with E-state index < -0.39 is 12.0 Å². The number of esters is 1. The number of amides is 2. The maximum Gasteiger partial charge on any atom is 0.337 e. The van der Waals surface area contributed by atoms with Gasteiger partial charge in [-0.2, -0.15) is 0 Å². The van der Waals surface area contributed by atoms with Crippen LogP contribution in [-0.2, 0) is 16.1 Å². The van der Waals surface area contributed by atoms with Gasteiger partial charge in [0.2, 0.25) is 0 Å². The van der Waals surface area contributed by atoms with Crippen molar-refractivity contribution < 1.29 is 14.3 Å². The quantitative estimate of drug-likeness (QED) is 0.795. The molecule has 3 rings (SSSR count). The average molecular weight is 363 g/mol. The smallest absolute Gasteiger partial charge is 0.337 e. The third kappa shape index (κ3) is 3.48. The summed E-state index contributed by atoms with van der Waals surface area (Å²) >= 11 is 5.94. The van der Waals surface area contributed by atoms with Crippen LogP contribution in [0.4, 0.5) is 4.79 Å². The number of carbonyl (C=O) groups is 2. The molecule has 8 nitrogen and oxygen atoms in total. The lowest BCUT2D eigenvalue weighted by Crippen LogP contribution is -2.45. The molecule has 0 saturated heterocycles. The van der Waals surface area contributed by atoms with Gasteiger partial charge in [-0.25, -0.2) is 14.6 Å². The lowest BCUT2D eigenvalue weighted by Gasteiger charge is -2.21. The number of carbonyl (C=O) groups excluding carboxylic acids is 2. The molecule has 0 spiro atoms. The van der Waals surface area contributed by atoms with E-state index in [9.17, 15) is 14.4 Å². The maximum absolute atomic E-state index is 12.6. The first kappa shape index (κ1) is 17.0. The fourth-order valence-electron chi connectivity index (χ4n) is 2.49. The Kier molecular flexibility index (Phi) is 4.71. The summed E-state index contributed by atoms with van der Waals surface area (Å²) in [6.07, 6.45) is 1.36. The predicted octanol–water partition coefficient (Wildman–Crippen LogP) is 1.18. The molecule has 2 amide bonds. The van der Waals surface area contributed by atoms with Crippen LogP contribution in [0.25, 0.3) is 10.9 Å². The van der Waals surface area contributed by atoms with Gasteiger partial charge in [0.15, 0.2) is 0 Å². The Hall–Kier alpha value is -2.87. The van der Waals surface area contributed by atoms with Crippen molar-refractivity contribution in [2.75, 3.05) is 13.2 Å². The van der Waals surface area contributed by atoms with Gasteiger partial charge in [-0.1, -0.05) is 11.6 Å². The number of ether oxygens (including phenoxy) is 1. The van der Waals surface area contributed by atoms with E-state index in [1.54, 1.807) is 19.1 Å². The molecule has 0 saturated carbocycles. The van der Waals surface area contributed by atoms with Crippen molar-refractivity contribution >= 4 is 34.5 Å². The summed E-state index contributed by atoms with van der Waals surface area (Å²) < 4.78 is 6.30. The number of fused-ring (bicyclic) bond motifs is 1. The third-order valence-electron chi connectivity index (χ3n) is 3.69. The molecule has 130 valence electrons. The number of aromatic nitrogens is 2. The number of hydrogen-bond donors (Lipinski definition) is 2. The highest BCUT2D eigenvalue weighted by Gasteiger charge is 2.24. The van der Waals surface area contributed by atoms with Gasteiger partial charge >= 0.3 is 12.0 Å². The molecule has 2 N–H and O–H groups in total. The van der Waals surface area contributed by atoms with Crippen LogP contribution in [0, 0.1) is 0 Å². The molecule has 9 heteroatoms. The highest BCUT2D eigenvalue weighted by atomic mass is 35.5. The highest BCUT2D eigenvalue weighted by molar-refractivity contribution is 6.31. The summed E-state index contributed by atoms with van der Waals surface area (Å²) in [7, 11) is 0. The van der Waals surface area contributed by atoms with Crippen LogP contribution in [0.1, 0.15) is 6.92 Å². The number of nitrogens with one attached hydrogen (secondary N) is 2. The van der Waals surface area contributed by atoms with Crippen LogP contribution < -0.4 is 16.2 Å². The fourth-order valence-corrected chi connectivity index (χ4v) is 2.67. The largest absolute Gasteiger partial charge is 0.463 e. The molecule has 0 radical (unpaired) electrons. The summed E-state index contributed by atoms with van der Waals surface area (Å²) in [6.45, 7) is 1.91. The molecule has 1 aliphatic heterocycles. The van der Waals surface area contributed by atoms with Gasteiger partial charge in [-0.3, -0.25) is 9.36 Å². The van der Waals surface area contributed by atoms with Crippen molar-refractivity contribution in [2.24, 2.45) is 0 Å². The predicted molar refractivity (Wildman–Crippen MR) is 91.2 cm³/mol. The summed E-state index contributed by atoms with van der Waals surface area (Å²) in [5, 5.41) is 5.84. The van der Waals surface area contributed by atoms with Crippen molar-refractivity contribution in [3.8, 4) is 0 Å². The lowest BCUT2D eigenvalue weighted by molar-refractivity contribution is -0.138. The van der Waals surface area contributed by atoms with E-state index in [1.807, 2.05) is 0 Å². The van der Waals surface area contributed by atoms with Gasteiger partial charge in [0.25, 0.3) is 5.56 Å². The van der Waals surface area contributed by atoms with Crippen molar-refractivity contribution in [1.82, 2.24) is 20.2 Å². The van der Waals surface area contributed by atoms with E-state index in [1.165, 1.54) is 17.0 Å². The molecule has 1 aliphatic rings. The Morgan fingerprint density at radius 2 is 2.20 bits per heavy atom. The second-order valence-electron chi connectivity index (χ2n) is 5.32. The molecule has 0 unspecified atom stereocenters. The van der Waals surface area contributed by atoms with Crippen molar-refractivity contribution in [2.45, 2.75) is 13.5 Å². The van der Waals surface area contributed by atoms with Gasteiger partial charge in [0.05, 0.1) is 48.2 Å². The maximum atomic E-state index is 12.6. The van der Waals surface area contributed by atoms with Crippen molar-refractivity contribution in [1.29, 1.82) is 0 Å². The van der Waals surface area contributed by atoms with Gasteiger partial charge in [-0.15, -0.1) is 0 Å². The Labute approximate surface area is 147 Å². The minimum Gasteiger partial charge on any atom is -0.463 e. The Balaban J connectivity index is 2.03. The molecule has 2 heterocycles. The number of urea groups is 1. The Morgan fingerprint density at radius 1 is 1.40 bits per heavy atom. The fraction of sp³-hybridized carbons (Fsp3) is 0.250. The topological polar surface area (TPSA) is 102 Å². The molecule has 2 aromatic rings. The standard InChI is InChI=1S/C16H15ClN4O4/c1-2-25-15(23)11-6-18-16(24)20-13(11)7-21-8-19-12-4-3-9(17)5-10(12)14(21)22/h3-5,8H,2,6-7H2,1H3,(H2,18,20,24). The zero-order valence-corrected chi connectivity index (χ0v) is 14.1. The van der Waals surface area contributed by atoms with Gasteiger partial charge in [-0.05, 0) is 25.1 Å². The first-order valence-electron chi connectivity index (χ1n) is 7.58. The van der Waals surface area contributed by atoms with Crippen LogP contribution >= 0.6 is 11.6 Å². The molecule has 25 heavy (non-hydrogen) atoms. The molecule has 0 fully saturated rings. The zero-order valence-electron chi connectivity index (χ0n) is 13.3. The van der Waals surface area contributed by atoms with Crippen LogP contribution in [0.3, 0.4) is 0 Å². The second kappa shape index (κ2) is 6.94. The number of rotatable bonds is 4. The average Bonchev–Trinajstić information content (AvgIpc) is 2.58. The van der Waals surface area contributed by atoms with E-state index in [-0.39, 0.29) is 30.8 Å². The second-order valence-corrected chi connectivity index (χ2v) is 5.76. The molecule has 0 aliphatic carbocycles. The lowest BCUT2D eigenvalue weighted by atomic mass is 10.1. The molecule has 1 aromatic heterocycles. The summed E-state index contributed by atoms with van der Waals surface area (Å²) in [4.78, 5) is 40.5. The minimum atomic E-state index is -0.546. The van der Waals surface area contributed by atoms with Crippen LogP contribution in [0.2, 0.25) is 5.02 Å². The van der Waals surface area contributed by atoms with Crippen molar-refractivity contribution in [3.05, 3.63) is 51.2 Å². The highest BCUT2D eigenvalue weighted by Crippen LogP contribution is 2.15. The van der Waals surface area contributed by atoms with Crippen LogP contribution in [0.15, 0.2) is 40.6 Å². The van der Waals surface area contributed by atoms with Crippen LogP contribution in [0.5, 0.6) is 0 Å². The van der Waals surface area contributed by atoms with E-state index in [2.05, 4.69) is 15.6 Å². The van der Waals surface area contributed by atoms with Gasteiger partial charge < -0.3 is 15.4 Å². The SMILES string of the molecule is CCOC(=O)C1=C(Cn2cnc3ccc(Cl)cc3c2=O)NC(=O)NC1. The molecular weight excluding hydrogens is 348 g/mol. The zero-order chi connectivity index (χ0) is 18.0. The minimum absolute atomic E-state index is 0.0180. The van der Waals surface area contributed by atoms with Crippen molar-refractivity contribution in [3.63, 3.8) is 0 Å². The first-order valence-corrected chi connectivity index (χ1v) is 7.96. The van der Waals surface area contributed by atoms with Crippen LogP contribution in [-0.4, -0.2) is 34.7 Å². The molecular formula is C16H15ClN4O4. The number of benzene rings is 1. The number of halogens is 1. The summed E-state index contributed by atoms with van der Waals surface area (Å²) in [6, 6.07) is 4.38. The monoisotopic (exact) mass is 362 g/mol. The summed E-state index contributed by atoms with van der Waals surface area (Å²) in [5.74, 6) is -0.546.